The number of imide groups is 1. The number of urea groups is 1. The molecule has 0 unspecified atom stereocenters. The van der Waals surface area contributed by atoms with Gasteiger partial charge < -0.3 is 15.4 Å². The minimum Gasteiger partial charge on any atom is -0.454 e. The van der Waals surface area contributed by atoms with Crippen molar-refractivity contribution in [3.63, 3.8) is 0 Å². The molecule has 31 heavy (non-hydrogen) atoms. The molecule has 0 radical (unpaired) electrons. The molecule has 170 valence electrons. The van der Waals surface area contributed by atoms with Crippen molar-refractivity contribution in [3.8, 4) is 0 Å². The Kier molecular flexibility index (Phi) is 8.59. The molecule has 8 heteroatoms. The maximum absolute atomic E-state index is 12.8. The molecule has 1 aromatic carbocycles. The third-order valence-electron chi connectivity index (χ3n) is 5.69. The van der Waals surface area contributed by atoms with Crippen LogP contribution in [0.1, 0.15) is 57.6 Å². The molecule has 8 nitrogen and oxygen atoms in total. The van der Waals surface area contributed by atoms with Crippen LogP contribution in [0.2, 0.25) is 0 Å². The first-order valence-electron chi connectivity index (χ1n) is 10.8. The lowest BCUT2D eigenvalue weighted by Gasteiger charge is -2.22. The molecule has 1 saturated heterocycles. The Hall–Kier alpha value is -2.90. The van der Waals surface area contributed by atoms with E-state index < -0.39 is 42.5 Å². The SMILES string of the molecule is CCCC[C@@H](CC)CNC(=O)COC(=O)CN1C(=O)N[C@](C)(c2ccc(C)cc2)C1=O. The number of nitrogens with one attached hydrogen (secondary N) is 2. The van der Waals surface area contributed by atoms with Gasteiger partial charge in [-0.2, -0.15) is 0 Å². The fraction of sp³-hybridized carbons (Fsp3) is 0.565. The Morgan fingerprint density at radius 3 is 2.48 bits per heavy atom. The highest BCUT2D eigenvalue weighted by Crippen LogP contribution is 2.28. The molecular formula is C23H33N3O5. The zero-order valence-corrected chi connectivity index (χ0v) is 18.8. The van der Waals surface area contributed by atoms with Gasteiger partial charge in [-0.05, 0) is 31.7 Å². The van der Waals surface area contributed by atoms with Crippen molar-refractivity contribution in [1.82, 2.24) is 15.5 Å². The summed E-state index contributed by atoms with van der Waals surface area (Å²) in [5.41, 5.74) is 0.398. The molecule has 1 heterocycles. The number of aryl methyl sites for hydroxylation is 1. The summed E-state index contributed by atoms with van der Waals surface area (Å²) in [5, 5.41) is 5.41. The fourth-order valence-corrected chi connectivity index (χ4v) is 3.50. The number of carbonyl (C=O) groups is 4. The monoisotopic (exact) mass is 431 g/mol. The summed E-state index contributed by atoms with van der Waals surface area (Å²) in [4.78, 5) is 50.1. The minimum absolute atomic E-state index is 0.393. The van der Waals surface area contributed by atoms with Crippen LogP contribution in [0.25, 0.3) is 0 Å². The van der Waals surface area contributed by atoms with Crippen molar-refractivity contribution in [2.24, 2.45) is 5.92 Å². The molecule has 2 N–H and O–H groups in total. The number of amides is 4. The zero-order chi connectivity index (χ0) is 23.0. The molecule has 1 aliphatic heterocycles. The van der Waals surface area contributed by atoms with E-state index >= 15 is 0 Å². The van der Waals surface area contributed by atoms with Gasteiger partial charge in [0.25, 0.3) is 11.8 Å². The Bertz CT molecular complexity index is 808. The molecule has 0 aromatic heterocycles. The van der Waals surface area contributed by atoms with E-state index in [9.17, 15) is 19.2 Å². The van der Waals surface area contributed by atoms with Gasteiger partial charge in [0.05, 0.1) is 0 Å². The molecule has 1 aromatic rings. The first-order valence-corrected chi connectivity index (χ1v) is 10.8. The van der Waals surface area contributed by atoms with Crippen molar-refractivity contribution in [2.45, 2.75) is 58.9 Å². The lowest BCUT2D eigenvalue weighted by atomic mass is 9.91. The van der Waals surface area contributed by atoms with Crippen LogP contribution in [-0.2, 0) is 24.7 Å². The highest BCUT2D eigenvalue weighted by Gasteiger charge is 2.49. The van der Waals surface area contributed by atoms with Gasteiger partial charge >= 0.3 is 12.0 Å². The third kappa shape index (κ3) is 6.29. The molecule has 4 amide bonds. The number of ether oxygens (including phenoxy) is 1. The van der Waals surface area contributed by atoms with Crippen LogP contribution in [0, 0.1) is 12.8 Å². The highest BCUT2D eigenvalue weighted by atomic mass is 16.5. The number of hydrogen-bond donors (Lipinski definition) is 2. The van der Waals surface area contributed by atoms with Crippen LogP contribution in [0.5, 0.6) is 0 Å². The number of unbranched alkanes of at least 4 members (excludes halogenated alkanes) is 1. The lowest BCUT2D eigenvalue weighted by Crippen LogP contribution is -2.42. The Labute approximate surface area is 183 Å². The Balaban J connectivity index is 1.85. The van der Waals surface area contributed by atoms with Crippen LogP contribution in [0.3, 0.4) is 0 Å². The molecule has 2 atom stereocenters. The predicted molar refractivity (Wildman–Crippen MR) is 116 cm³/mol. The van der Waals surface area contributed by atoms with Gasteiger partial charge in [-0.3, -0.25) is 19.3 Å². The molecule has 1 fully saturated rings. The lowest BCUT2D eigenvalue weighted by molar-refractivity contribution is -0.151. The van der Waals surface area contributed by atoms with Gasteiger partial charge in [0.2, 0.25) is 0 Å². The van der Waals surface area contributed by atoms with Crippen molar-refractivity contribution in [3.05, 3.63) is 35.4 Å². The van der Waals surface area contributed by atoms with E-state index in [-0.39, 0.29) is 0 Å². The van der Waals surface area contributed by atoms with Crippen LogP contribution >= 0.6 is 0 Å². The average Bonchev–Trinajstić information content (AvgIpc) is 2.96. The Morgan fingerprint density at radius 1 is 1.19 bits per heavy atom. The van der Waals surface area contributed by atoms with E-state index in [0.717, 1.165) is 36.1 Å². The number of benzene rings is 1. The molecule has 0 aliphatic carbocycles. The molecule has 0 bridgehead atoms. The largest absolute Gasteiger partial charge is 0.454 e. The normalized spacial score (nSPS) is 19.2. The summed E-state index contributed by atoms with van der Waals surface area (Å²) >= 11 is 0. The molecule has 0 spiro atoms. The minimum atomic E-state index is -1.25. The van der Waals surface area contributed by atoms with E-state index in [0.29, 0.717) is 18.0 Å². The van der Waals surface area contributed by atoms with Gasteiger partial charge in [-0.25, -0.2) is 4.79 Å². The van der Waals surface area contributed by atoms with Crippen LogP contribution in [0.15, 0.2) is 24.3 Å². The van der Waals surface area contributed by atoms with Gasteiger partial charge in [0.15, 0.2) is 6.61 Å². The Morgan fingerprint density at radius 2 is 1.87 bits per heavy atom. The standard InChI is InChI=1S/C23H33N3O5/c1-5-7-8-17(6-2)13-24-19(27)15-31-20(28)14-26-21(29)23(4,25-22(26)30)18-11-9-16(3)10-12-18/h9-12,17H,5-8,13-15H2,1-4H3,(H,24,27)(H,25,30)/t17-,23-/m1/s1. The maximum atomic E-state index is 12.8. The number of rotatable bonds is 11. The van der Waals surface area contributed by atoms with E-state index in [1.807, 2.05) is 19.1 Å². The van der Waals surface area contributed by atoms with Crippen molar-refractivity contribution in [1.29, 1.82) is 0 Å². The predicted octanol–water partition coefficient (Wildman–Crippen LogP) is 2.64. The summed E-state index contributed by atoms with van der Waals surface area (Å²) in [6.07, 6.45) is 4.22. The van der Waals surface area contributed by atoms with Crippen molar-refractivity contribution in [2.75, 3.05) is 19.7 Å². The number of esters is 1. The second kappa shape index (κ2) is 10.9. The van der Waals surface area contributed by atoms with Gasteiger partial charge in [0, 0.05) is 6.54 Å². The van der Waals surface area contributed by atoms with Crippen LogP contribution < -0.4 is 10.6 Å². The van der Waals surface area contributed by atoms with Crippen molar-refractivity contribution >= 4 is 23.8 Å². The van der Waals surface area contributed by atoms with Gasteiger partial charge in [-0.1, -0.05) is 62.9 Å². The first-order chi connectivity index (χ1) is 14.7. The van der Waals surface area contributed by atoms with E-state index in [1.54, 1.807) is 19.1 Å². The quantitative estimate of drug-likeness (QED) is 0.414. The van der Waals surface area contributed by atoms with Gasteiger partial charge in [-0.15, -0.1) is 0 Å². The third-order valence-corrected chi connectivity index (χ3v) is 5.69. The zero-order valence-electron chi connectivity index (χ0n) is 18.8. The van der Waals surface area contributed by atoms with Crippen molar-refractivity contribution < 1.29 is 23.9 Å². The summed E-state index contributed by atoms with van der Waals surface area (Å²) < 4.78 is 4.97. The van der Waals surface area contributed by atoms with E-state index in [1.165, 1.54) is 0 Å². The fourth-order valence-electron chi connectivity index (χ4n) is 3.50. The summed E-state index contributed by atoms with van der Waals surface area (Å²) in [7, 11) is 0. The summed E-state index contributed by atoms with van der Waals surface area (Å²) in [6.45, 7) is 7.27. The molecular weight excluding hydrogens is 398 g/mol. The molecule has 1 aliphatic rings. The smallest absolute Gasteiger partial charge is 0.326 e. The summed E-state index contributed by atoms with van der Waals surface area (Å²) in [6, 6.07) is 6.56. The highest BCUT2D eigenvalue weighted by molar-refractivity contribution is 6.08. The second-order valence-corrected chi connectivity index (χ2v) is 8.19. The van der Waals surface area contributed by atoms with Gasteiger partial charge in [0.1, 0.15) is 12.1 Å². The first kappa shape index (κ1) is 24.4. The van der Waals surface area contributed by atoms with Crippen LogP contribution in [-0.4, -0.2) is 48.4 Å². The number of carbonyl (C=O) groups excluding carboxylic acids is 4. The molecule has 0 saturated carbocycles. The maximum Gasteiger partial charge on any atom is 0.326 e. The average molecular weight is 432 g/mol. The van der Waals surface area contributed by atoms with E-state index in [4.69, 9.17) is 4.74 Å². The van der Waals surface area contributed by atoms with E-state index in [2.05, 4.69) is 24.5 Å². The topological polar surface area (TPSA) is 105 Å². The second-order valence-electron chi connectivity index (χ2n) is 8.19. The number of nitrogens with zero attached hydrogens (tertiary/aromatic N) is 1. The van der Waals surface area contributed by atoms with Crippen LogP contribution in [0.4, 0.5) is 4.79 Å². The molecule has 2 rings (SSSR count). The number of hydrogen-bond acceptors (Lipinski definition) is 5. The summed E-state index contributed by atoms with van der Waals surface area (Å²) in [5.74, 6) is -1.36.